The predicted molar refractivity (Wildman–Crippen MR) is 134 cm³/mol. The third-order valence-corrected chi connectivity index (χ3v) is 6.01. The Morgan fingerprint density at radius 2 is 1.75 bits per heavy atom. The van der Waals surface area contributed by atoms with Crippen molar-refractivity contribution in [1.82, 2.24) is 5.32 Å². The number of carbonyl (C=O) groups is 4. The summed E-state index contributed by atoms with van der Waals surface area (Å²) in [6.07, 6.45) is 1.40. The van der Waals surface area contributed by atoms with Crippen LogP contribution in [0.1, 0.15) is 12.5 Å². The van der Waals surface area contributed by atoms with Crippen LogP contribution >= 0.6 is 56.8 Å². The Morgan fingerprint density at radius 3 is 2.34 bits per heavy atom. The molecule has 11 heteroatoms. The number of halogens is 3. The molecule has 0 radical (unpaired) electrons. The number of hydrogen-bond donors (Lipinski definition) is 1. The molecule has 0 aliphatic carbocycles. The monoisotopic (exact) mass is 680 g/mol. The van der Waals surface area contributed by atoms with Crippen LogP contribution in [0, 0.1) is 7.14 Å². The summed E-state index contributed by atoms with van der Waals surface area (Å²) in [5.74, 6) is -1.55. The number of urea groups is 1. The molecular formula is C21H15ClI2N2O6. The van der Waals surface area contributed by atoms with E-state index in [0.29, 0.717) is 23.5 Å². The fourth-order valence-electron chi connectivity index (χ4n) is 2.78. The van der Waals surface area contributed by atoms with Gasteiger partial charge in [0.25, 0.3) is 11.8 Å². The Kier molecular flexibility index (Phi) is 8.11. The minimum Gasteiger partial charge on any atom is -0.480 e. The van der Waals surface area contributed by atoms with Crippen LogP contribution in [0.3, 0.4) is 0 Å². The second-order valence-corrected chi connectivity index (χ2v) is 9.10. The topological polar surface area (TPSA) is 102 Å². The van der Waals surface area contributed by atoms with Crippen molar-refractivity contribution in [2.24, 2.45) is 0 Å². The van der Waals surface area contributed by atoms with Gasteiger partial charge in [0.2, 0.25) is 0 Å². The molecule has 1 fully saturated rings. The van der Waals surface area contributed by atoms with Gasteiger partial charge >= 0.3 is 12.0 Å². The predicted octanol–water partition coefficient (Wildman–Crippen LogP) is 4.16. The number of nitrogens with one attached hydrogen (secondary N) is 1. The van der Waals surface area contributed by atoms with Crippen LogP contribution in [0.5, 0.6) is 5.75 Å². The maximum Gasteiger partial charge on any atom is 0.344 e. The number of hydrogen-bond acceptors (Lipinski definition) is 6. The summed E-state index contributed by atoms with van der Waals surface area (Å²) in [4.78, 5) is 50.1. The molecule has 32 heavy (non-hydrogen) atoms. The van der Waals surface area contributed by atoms with Crippen LogP contribution in [0.4, 0.5) is 10.5 Å². The van der Waals surface area contributed by atoms with Crippen molar-refractivity contribution in [3.8, 4) is 5.75 Å². The van der Waals surface area contributed by atoms with Crippen molar-refractivity contribution in [3.63, 3.8) is 0 Å². The lowest BCUT2D eigenvalue weighted by molar-refractivity contribution is -0.145. The highest BCUT2D eigenvalue weighted by molar-refractivity contribution is 14.1. The quantitative estimate of drug-likeness (QED) is 0.213. The second-order valence-electron chi connectivity index (χ2n) is 6.34. The first-order valence-corrected chi connectivity index (χ1v) is 11.7. The number of anilines is 1. The third kappa shape index (κ3) is 5.59. The molecule has 1 N–H and O–H groups in total. The number of carbonyl (C=O) groups excluding carboxylic acids is 4. The number of rotatable bonds is 6. The Balaban J connectivity index is 1.89. The SMILES string of the molecule is CCOC(=O)COc1c(I)cc(/C=C2\C(=O)NC(=O)N(c3ccc(Cl)cc3)C2=O)cc1I. The van der Waals surface area contributed by atoms with E-state index in [1.54, 1.807) is 19.1 Å². The van der Waals surface area contributed by atoms with Gasteiger partial charge in [-0.25, -0.2) is 14.5 Å². The molecule has 3 rings (SSSR count). The summed E-state index contributed by atoms with van der Waals surface area (Å²) in [5.41, 5.74) is 0.625. The van der Waals surface area contributed by atoms with Crippen LogP contribution in [-0.2, 0) is 19.1 Å². The van der Waals surface area contributed by atoms with Crippen molar-refractivity contribution in [2.75, 3.05) is 18.1 Å². The maximum absolute atomic E-state index is 13.0. The highest BCUT2D eigenvalue weighted by atomic mass is 127. The Hall–Kier alpha value is -2.19. The normalized spacial score (nSPS) is 15.1. The van der Waals surface area contributed by atoms with E-state index in [2.05, 4.69) is 5.32 Å². The summed E-state index contributed by atoms with van der Waals surface area (Å²) in [6, 6.07) is 8.64. The van der Waals surface area contributed by atoms with Crippen LogP contribution in [0.2, 0.25) is 5.02 Å². The van der Waals surface area contributed by atoms with Gasteiger partial charge < -0.3 is 9.47 Å². The van der Waals surface area contributed by atoms with Gasteiger partial charge in [-0.3, -0.25) is 14.9 Å². The van der Waals surface area contributed by atoms with Crippen molar-refractivity contribution < 1.29 is 28.7 Å². The van der Waals surface area contributed by atoms with E-state index in [9.17, 15) is 19.2 Å². The molecule has 2 aromatic rings. The van der Waals surface area contributed by atoms with Crippen LogP contribution in [-0.4, -0.2) is 37.0 Å². The highest BCUT2D eigenvalue weighted by Gasteiger charge is 2.36. The number of imide groups is 2. The van der Waals surface area contributed by atoms with Crippen molar-refractivity contribution in [1.29, 1.82) is 0 Å². The maximum atomic E-state index is 13.0. The minimum absolute atomic E-state index is 0.202. The molecule has 0 atom stereocenters. The summed E-state index contributed by atoms with van der Waals surface area (Å²) < 4.78 is 11.7. The summed E-state index contributed by atoms with van der Waals surface area (Å²) in [6.45, 7) is 1.73. The van der Waals surface area contributed by atoms with E-state index in [0.717, 1.165) is 4.90 Å². The standard InChI is InChI=1S/C21H15ClI2N2O6/c1-2-31-17(27)10-32-18-15(23)8-11(9-16(18)24)7-14-19(28)25-21(30)26(20(14)29)13-5-3-12(22)4-6-13/h3-9H,2,10H2,1H3,(H,25,28,30)/b14-7+. The van der Waals surface area contributed by atoms with Gasteiger partial charge in [-0.05, 0) is 100 Å². The number of esters is 1. The fraction of sp³-hybridized carbons (Fsp3) is 0.143. The first-order valence-electron chi connectivity index (χ1n) is 9.15. The van der Waals surface area contributed by atoms with E-state index in [1.165, 1.54) is 30.3 Å². The molecule has 0 aromatic heterocycles. The molecule has 2 aromatic carbocycles. The Morgan fingerprint density at radius 1 is 1.12 bits per heavy atom. The lowest BCUT2D eigenvalue weighted by Gasteiger charge is -2.26. The molecule has 1 saturated heterocycles. The molecule has 8 nitrogen and oxygen atoms in total. The van der Waals surface area contributed by atoms with Gasteiger partial charge in [0.05, 0.1) is 19.4 Å². The largest absolute Gasteiger partial charge is 0.480 e. The first kappa shape index (κ1) is 24.5. The summed E-state index contributed by atoms with van der Waals surface area (Å²) in [7, 11) is 0. The molecular weight excluding hydrogens is 666 g/mol. The third-order valence-electron chi connectivity index (χ3n) is 4.16. The molecule has 4 amide bonds. The van der Waals surface area contributed by atoms with Crippen molar-refractivity contribution in [3.05, 3.63) is 59.7 Å². The van der Waals surface area contributed by atoms with Gasteiger partial charge in [-0.15, -0.1) is 0 Å². The van der Waals surface area contributed by atoms with Crippen molar-refractivity contribution >= 4 is 92.4 Å². The molecule has 1 aliphatic heterocycles. The lowest BCUT2D eigenvalue weighted by Crippen LogP contribution is -2.54. The molecule has 0 spiro atoms. The summed E-state index contributed by atoms with van der Waals surface area (Å²) in [5, 5.41) is 2.62. The number of benzene rings is 2. The zero-order valence-electron chi connectivity index (χ0n) is 16.5. The zero-order chi connectivity index (χ0) is 23.4. The Labute approximate surface area is 215 Å². The molecule has 166 valence electrons. The van der Waals surface area contributed by atoms with Gasteiger partial charge in [-0.2, -0.15) is 0 Å². The van der Waals surface area contributed by atoms with Crippen LogP contribution in [0.25, 0.3) is 6.08 Å². The number of barbiturate groups is 1. The number of amides is 4. The summed E-state index contributed by atoms with van der Waals surface area (Å²) >= 11 is 9.93. The Bertz CT molecular complexity index is 1110. The van der Waals surface area contributed by atoms with E-state index in [1.807, 2.05) is 45.2 Å². The van der Waals surface area contributed by atoms with Gasteiger partial charge in [-0.1, -0.05) is 11.6 Å². The molecule has 0 saturated carbocycles. The molecule has 1 aliphatic rings. The van der Waals surface area contributed by atoms with Gasteiger partial charge in [0, 0.05) is 5.02 Å². The lowest BCUT2D eigenvalue weighted by atomic mass is 10.1. The van der Waals surface area contributed by atoms with Crippen molar-refractivity contribution in [2.45, 2.75) is 6.92 Å². The zero-order valence-corrected chi connectivity index (χ0v) is 21.6. The van der Waals surface area contributed by atoms with E-state index >= 15 is 0 Å². The molecule has 1 heterocycles. The number of ether oxygens (including phenoxy) is 2. The van der Waals surface area contributed by atoms with Gasteiger partial charge in [0.1, 0.15) is 11.3 Å². The van der Waals surface area contributed by atoms with Crippen LogP contribution < -0.4 is 15.0 Å². The molecule has 0 bridgehead atoms. The fourth-order valence-corrected chi connectivity index (χ4v) is 5.04. The average molecular weight is 681 g/mol. The van der Waals surface area contributed by atoms with Crippen LogP contribution in [0.15, 0.2) is 42.0 Å². The van der Waals surface area contributed by atoms with Gasteiger partial charge in [0.15, 0.2) is 6.61 Å². The molecule has 0 unspecified atom stereocenters. The first-order chi connectivity index (χ1) is 15.2. The van der Waals surface area contributed by atoms with E-state index in [4.69, 9.17) is 21.1 Å². The highest BCUT2D eigenvalue weighted by Crippen LogP contribution is 2.31. The van der Waals surface area contributed by atoms with E-state index < -0.39 is 23.8 Å². The average Bonchev–Trinajstić information content (AvgIpc) is 2.72. The minimum atomic E-state index is -0.841. The van der Waals surface area contributed by atoms with E-state index in [-0.39, 0.29) is 24.5 Å². The number of nitrogens with zero attached hydrogens (tertiary/aromatic N) is 1. The second kappa shape index (κ2) is 10.6. The smallest absolute Gasteiger partial charge is 0.344 e.